The number of carbonyl (C=O) groups excluding carboxylic acids is 2. The highest BCUT2D eigenvalue weighted by molar-refractivity contribution is 7.99. The van der Waals surface area contributed by atoms with Gasteiger partial charge in [0.05, 0.1) is 17.2 Å². The molecule has 0 radical (unpaired) electrons. The standard InChI is InChI=1S/C26H32N6O5S/c1-6-31-23(13-27-24(33)14-37-22-11-17(4)7-10-20(22)16(2)3)29-30-26(31)38-15-25(34)28-19-9-8-18(5)21(12-19)32(35)36/h7-12,16H,6,13-15H2,1-5H3,(H,27,33)(H,28,34). The van der Waals surface area contributed by atoms with E-state index in [0.29, 0.717) is 34.5 Å². The van der Waals surface area contributed by atoms with Crippen LogP contribution in [0.2, 0.25) is 0 Å². The second-order valence-electron chi connectivity index (χ2n) is 9.00. The Kier molecular flexibility index (Phi) is 9.83. The Hall–Kier alpha value is -3.93. The summed E-state index contributed by atoms with van der Waals surface area (Å²) in [6.07, 6.45) is 0. The van der Waals surface area contributed by atoms with E-state index in [-0.39, 0.29) is 42.3 Å². The summed E-state index contributed by atoms with van der Waals surface area (Å²) in [6.45, 7) is 10.3. The lowest BCUT2D eigenvalue weighted by Gasteiger charge is -2.15. The molecule has 0 bridgehead atoms. The largest absolute Gasteiger partial charge is 0.483 e. The SMILES string of the molecule is CCn1c(CNC(=O)COc2cc(C)ccc2C(C)C)nnc1SCC(=O)Nc1ccc(C)c([N+](=O)[O-])c1. The Bertz CT molecular complexity index is 1320. The van der Waals surface area contributed by atoms with Crippen LogP contribution in [0.3, 0.4) is 0 Å². The van der Waals surface area contributed by atoms with E-state index in [4.69, 9.17) is 4.74 Å². The molecule has 2 amide bonds. The molecule has 0 aliphatic rings. The third-order valence-electron chi connectivity index (χ3n) is 5.73. The maximum atomic E-state index is 12.4. The zero-order valence-electron chi connectivity index (χ0n) is 22.1. The van der Waals surface area contributed by atoms with E-state index in [9.17, 15) is 19.7 Å². The van der Waals surface area contributed by atoms with Crippen LogP contribution in [0, 0.1) is 24.0 Å². The molecule has 0 aliphatic heterocycles. The quantitative estimate of drug-likeness (QED) is 0.196. The van der Waals surface area contributed by atoms with E-state index in [1.165, 1.54) is 17.8 Å². The molecule has 1 aromatic heterocycles. The molecule has 3 aromatic rings. The van der Waals surface area contributed by atoms with Gasteiger partial charge in [-0.1, -0.05) is 43.8 Å². The number of ether oxygens (including phenoxy) is 1. The number of nitro groups is 1. The molecule has 0 fully saturated rings. The van der Waals surface area contributed by atoms with Gasteiger partial charge in [-0.05, 0) is 49.9 Å². The first-order valence-electron chi connectivity index (χ1n) is 12.2. The number of aromatic nitrogens is 3. The molecule has 1 heterocycles. The van der Waals surface area contributed by atoms with Crippen molar-refractivity contribution in [2.75, 3.05) is 17.7 Å². The van der Waals surface area contributed by atoms with Gasteiger partial charge in [0, 0.05) is 23.9 Å². The fourth-order valence-corrected chi connectivity index (χ4v) is 4.52. The van der Waals surface area contributed by atoms with Crippen LogP contribution in [0.15, 0.2) is 41.6 Å². The predicted molar refractivity (Wildman–Crippen MR) is 145 cm³/mol. The lowest BCUT2D eigenvalue weighted by molar-refractivity contribution is -0.385. The lowest BCUT2D eigenvalue weighted by atomic mass is 10.0. The normalized spacial score (nSPS) is 10.9. The fourth-order valence-electron chi connectivity index (χ4n) is 3.70. The van der Waals surface area contributed by atoms with Gasteiger partial charge in [-0.15, -0.1) is 10.2 Å². The number of nitrogens with one attached hydrogen (secondary N) is 2. The maximum Gasteiger partial charge on any atom is 0.274 e. The van der Waals surface area contributed by atoms with Crippen LogP contribution in [0.1, 0.15) is 49.2 Å². The Labute approximate surface area is 225 Å². The number of rotatable bonds is 12. The van der Waals surface area contributed by atoms with E-state index in [2.05, 4.69) is 34.7 Å². The predicted octanol–water partition coefficient (Wildman–Crippen LogP) is 4.37. The van der Waals surface area contributed by atoms with Crippen LogP contribution in [0.4, 0.5) is 11.4 Å². The van der Waals surface area contributed by atoms with Gasteiger partial charge >= 0.3 is 0 Å². The molecular formula is C26H32N6O5S. The van der Waals surface area contributed by atoms with Crippen molar-refractivity contribution < 1.29 is 19.2 Å². The van der Waals surface area contributed by atoms with Crippen molar-refractivity contribution in [2.45, 2.75) is 58.8 Å². The molecule has 12 heteroatoms. The molecule has 0 saturated carbocycles. The summed E-state index contributed by atoms with van der Waals surface area (Å²) in [7, 11) is 0. The molecule has 11 nitrogen and oxygen atoms in total. The number of hydrogen-bond acceptors (Lipinski definition) is 8. The summed E-state index contributed by atoms with van der Waals surface area (Å²) in [5.74, 6) is 0.940. The summed E-state index contributed by atoms with van der Waals surface area (Å²) < 4.78 is 7.60. The van der Waals surface area contributed by atoms with E-state index >= 15 is 0 Å². The minimum atomic E-state index is -0.485. The fraction of sp³-hybridized carbons (Fsp3) is 0.385. The number of anilines is 1. The number of hydrogen-bond donors (Lipinski definition) is 2. The summed E-state index contributed by atoms with van der Waals surface area (Å²) >= 11 is 1.19. The molecule has 202 valence electrons. The minimum Gasteiger partial charge on any atom is -0.483 e. The Morgan fingerprint density at radius 2 is 1.89 bits per heavy atom. The van der Waals surface area contributed by atoms with Gasteiger partial charge in [-0.25, -0.2) is 0 Å². The van der Waals surface area contributed by atoms with Crippen LogP contribution in [-0.4, -0.2) is 43.9 Å². The molecule has 0 spiro atoms. The van der Waals surface area contributed by atoms with Crippen molar-refractivity contribution in [1.82, 2.24) is 20.1 Å². The van der Waals surface area contributed by atoms with Crippen LogP contribution in [0.25, 0.3) is 0 Å². The molecule has 0 unspecified atom stereocenters. The highest BCUT2D eigenvalue weighted by atomic mass is 32.2. The topological polar surface area (TPSA) is 141 Å². The van der Waals surface area contributed by atoms with Gasteiger partial charge in [0.15, 0.2) is 17.6 Å². The molecule has 0 atom stereocenters. The van der Waals surface area contributed by atoms with Gasteiger partial charge in [-0.3, -0.25) is 19.7 Å². The van der Waals surface area contributed by atoms with Crippen molar-refractivity contribution in [2.24, 2.45) is 0 Å². The highest BCUT2D eigenvalue weighted by Crippen LogP contribution is 2.27. The first-order chi connectivity index (χ1) is 18.1. The molecule has 38 heavy (non-hydrogen) atoms. The van der Waals surface area contributed by atoms with Gasteiger partial charge in [0.25, 0.3) is 11.6 Å². The van der Waals surface area contributed by atoms with Gasteiger partial charge < -0.3 is 19.9 Å². The van der Waals surface area contributed by atoms with E-state index in [1.807, 2.05) is 36.6 Å². The number of carbonyl (C=O) groups is 2. The van der Waals surface area contributed by atoms with Crippen molar-refractivity contribution >= 4 is 35.0 Å². The summed E-state index contributed by atoms with van der Waals surface area (Å²) in [6, 6.07) is 10.5. The number of amides is 2. The third kappa shape index (κ3) is 7.54. The number of aryl methyl sites for hydroxylation is 2. The van der Waals surface area contributed by atoms with Crippen molar-refractivity contribution in [1.29, 1.82) is 0 Å². The number of thioether (sulfide) groups is 1. The summed E-state index contributed by atoms with van der Waals surface area (Å²) in [5.41, 5.74) is 2.90. The zero-order chi connectivity index (χ0) is 27.8. The van der Waals surface area contributed by atoms with E-state index in [1.54, 1.807) is 19.1 Å². The Morgan fingerprint density at radius 1 is 1.13 bits per heavy atom. The molecule has 2 N–H and O–H groups in total. The zero-order valence-corrected chi connectivity index (χ0v) is 22.9. The van der Waals surface area contributed by atoms with Crippen LogP contribution in [-0.2, 0) is 22.7 Å². The van der Waals surface area contributed by atoms with E-state index in [0.717, 1.165) is 11.1 Å². The van der Waals surface area contributed by atoms with Crippen molar-refractivity contribution in [3.05, 3.63) is 69.0 Å². The molecule has 3 rings (SSSR count). The minimum absolute atomic E-state index is 0.0364. The lowest BCUT2D eigenvalue weighted by Crippen LogP contribution is -2.29. The third-order valence-corrected chi connectivity index (χ3v) is 6.69. The second-order valence-corrected chi connectivity index (χ2v) is 9.94. The number of benzene rings is 2. The van der Waals surface area contributed by atoms with Crippen molar-refractivity contribution in [3.8, 4) is 5.75 Å². The van der Waals surface area contributed by atoms with Crippen LogP contribution >= 0.6 is 11.8 Å². The molecular weight excluding hydrogens is 508 g/mol. The molecule has 0 aliphatic carbocycles. The first-order valence-corrected chi connectivity index (χ1v) is 13.2. The molecule has 0 saturated heterocycles. The summed E-state index contributed by atoms with van der Waals surface area (Å²) in [5, 5.41) is 25.4. The van der Waals surface area contributed by atoms with Crippen molar-refractivity contribution in [3.63, 3.8) is 0 Å². The maximum absolute atomic E-state index is 12.4. The Balaban J connectivity index is 1.53. The average Bonchev–Trinajstić information content (AvgIpc) is 3.27. The first kappa shape index (κ1) is 28.6. The average molecular weight is 541 g/mol. The van der Waals surface area contributed by atoms with E-state index < -0.39 is 4.92 Å². The van der Waals surface area contributed by atoms with Crippen LogP contribution in [0.5, 0.6) is 5.75 Å². The number of nitro benzene ring substituents is 1. The molecule has 2 aromatic carbocycles. The van der Waals surface area contributed by atoms with Gasteiger partial charge in [-0.2, -0.15) is 0 Å². The number of nitrogens with zero attached hydrogens (tertiary/aromatic N) is 4. The Morgan fingerprint density at radius 3 is 2.58 bits per heavy atom. The van der Waals surface area contributed by atoms with Crippen LogP contribution < -0.4 is 15.4 Å². The highest BCUT2D eigenvalue weighted by Gasteiger charge is 2.16. The van der Waals surface area contributed by atoms with Gasteiger partial charge in [0.2, 0.25) is 5.91 Å². The smallest absolute Gasteiger partial charge is 0.274 e. The monoisotopic (exact) mass is 540 g/mol. The second kappa shape index (κ2) is 13.0. The van der Waals surface area contributed by atoms with Gasteiger partial charge in [0.1, 0.15) is 5.75 Å². The summed E-state index contributed by atoms with van der Waals surface area (Å²) in [4.78, 5) is 35.5.